The third kappa shape index (κ3) is 2.39. The molecule has 3 heterocycles. The van der Waals surface area contributed by atoms with Gasteiger partial charge in [-0.1, -0.05) is 0 Å². The molecule has 0 spiro atoms. The summed E-state index contributed by atoms with van der Waals surface area (Å²) in [6.07, 6.45) is 9.00. The van der Waals surface area contributed by atoms with Crippen molar-refractivity contribution in [1.29, 1.82) is 0 Å². The molecule has 1 atom stereocenters. The lowest BCUT2D eigenvalue weighted by molar-refractivity contribution is 0.463. The highest BCUT2D eigenvalue weighted by Gasteiger charge is 2.14. The summed E-state index contributed by atoms with van der Waals surface area (Å²) < 4.78 is 4.66. The zero-order valence-electron chi connectivity index (χ0n) is 11.0. The van der Waals surface area contributed by atoms with Crippen molar-refractivity contribution >= 4 is 12.2 Å². The molecule has 3 rings (SSSR count). The van der Waals surface area contributed by atoms with E-state index in [0.29, 0.717) is 4.77 Å². The van der Waals surface area contributed by atoms with E-state index in [2.05, 4.69) is 27.1 Å². The lowest BCUT2D eigenvalue weighted by atomic mass is 10.2. The van der Waals surface area contributed by atoms with Crippen LogP contribution in [0.15, 0.2) is 43.2 Å². The van der Waals surface area contributed by atoms with Gasteiger partial charge in [-0.25, -0.2) is 4.98 Å². The van der Waals surface area contributed by atoms with Crippen LogP contribution < -0.4 is 0 Å². The molecule has 3 aromatic heterocycles. The van der Waals surface area contributed by atoms with Crippen molar-refractivity contribution < 1.29 is 0 Å². The number of H-pyrrole nitrogens is 1. The number of nitrogens with zero attached hydrogens (tertiary/aromatic N) is 5. The second-order valence-corrected chi connectivity index (χ2v) is 4.95. The molecule has 1 unspecified atom stereocenters. The van der Waals surface area contributed by atoms with Crippen LogP contribution in [0.1, 0.15) is 13.0 Å². The first-order chi connectivity index (χ1) is 9.75. The quantitative estimate of drug-likeness (QED) is 0.748. The summed E-state index contributed by atoms with van der Waals surface area (Å²) >= 11 is 5.35. The van der Waals surface area contributed by atoms with Gasteiger partial charge in [-0.15, -0.1) is 0 Å². The molecule has 3 aromatic rings. The van der Waals surface area contributed by atoms with Crippen LogP contribution >= 0.6 is 12.2 Å². The molecule has 0 aliphatic heterocycles. The number of nitrogens with one attached hydrogen (secondary N) is 1. The Morgan fingerprint density at radius 2 is 2.05 bits per heavy atom. The van der Waals surface area contributed by atoms with E-state index in [1.165, 1.54) is 0 Å². The van der Waals surface area contributed by atoms with Gasteiger partial charge in [0.15, 0.2) is 10.6 Å². The van der Waals surface area contributed by atoms with Crippen molar-refractivity contribution in [1.82, 2.24) is 29.3 Å². The minimum Gasteiger partial charge on any atom is -0.335 e. The maximum Gasteiger partial charge on any atom is 0.195 e. The highest BCUT2D eigenvalue weighted by atomic mass is 32.1. The summed E-state index contributed by atoms with van der Waals surface area (Å²) in [5.41, 5.74) is 0.991. The van der Waals surface area contributed by atoms with E-state index in [9.17, 15) is 0 Å². The Balaban J connectivity index is 1.97. The van der Waals surface area contributed by atoms with Crippen molar-refractivity contribution in [3.05, 3.63) is 48.0 Å². The monoisotopic (exact) mass is 286 g/mol. The van der Waals surface area contributed by atoms with Crippen molar-refractivity contribution in [2.24, 2.45) is 0 Å². The molecule has 7 heteroatoms. The molecule has 0 bridgehead atoms. The molecule has 1 N–H and O–H groups in total. The zero-order valence-corrected chi connectivity index (χ0v) is 11.8. The van der Waals surface area contributed by atoms with Gasteiger partial charge < -0.3 is 4.57 Å². The molecular weight excluding hydrogens is 272 g/mol. The molecule has 0 aliphatic carbocycles. The van der Waals surface area contributed by atoms with E-state index in [0.717, 1.165) is 17.9 Å². The van der Waals surface area contributed by atoms with Crippen molar-refractivity contribution in [3.63, 3.8) is 0 Å². The minimum absolute atomic E-state index is 0.165. The van der Waals surface area contributed by atoms with Crippen LogP contribution in [0.2, 0.25) is 0 Å². The average molecular weight is 286 g/mol. The fraction of sp³-hybridized carbons (Fsp3) is 0.231. The van der Waals surface area contributed by atoms with Crippen LogP contribution in [0.25, 0.3) is 11.4 Å². The van der Waals surface area contributed by atoms with E-state index in [4.69, 9.17) is 12.2 Å². The van der Waals surface area contributed by atoms with Crippen LogP contribution in [0.5, 0.6) is 0 Å². The highest BCUT2D eigenvalue weighted by Crippen LogP contribution is 2.21. The summed E-state index contributed by atoms with van der Waals surface area (Å²) in [6.45, 7) is 2.89. The maximum absolute atomic E-state index is 5.35. The van der Waals surface area contributed by atoms with Gasteiger partial charge in [0.2, 0.25) is 0 Å². The van der Waals surface area contributed by atoms with Crippen LogP contribution in [0.4, 0.5) is 0 Å². The molecule has 0 aliphatic rings. The van der Waals surface area contributed by atoms with E-state index < -0.39 is 0 Å². The van der Waals surface area contributed by atoms with Gasteiger partial charge in [0.05, 0.1) is 12.4 Å². The average Bonchev–Trinajstić information content (AvgIpc) is 3.09. The smallest absolute Gasteiger partial charge is 0.195 e. The van der Waals surface area contributed by atoms with E-state index in [1.807, 2.05) is 27.5 Å². The molecule has 0 saturated carbocycles. The number of pyridine rings is 1. The third-order valence-corrected chi connectivity index (χ3v) is 3.41. The van der Waals surface area contributed by atoms with Crippen molar-refractivity contribution in [2.75, 3.05) is 0 Å². The van der Waals surface area contributed by atoms with Gasteiger partial charge in [-0.2, -0.15) is 5.10 Å². The number of imidazole rings is 1. The zero-order chi connectivity index (χ0) is 13.9. The summed E-state index contributed by atoms with van der Waals surface area (Å²) in [5, 5.41) is 7.20. The molecule has 0 saturated heterocycles. The number of hydrogen-bond donors (Lipinski definition) is 1. The second-order valence-electron chi connectivity index (χ2n) is 4.57. The Hall–Kier alpha value is -2.28. The molecule has 0 aromatic carbocycles. The first-order valence-corrected chi connectivity index (χ1v) is 6.69. The van der Waals surface area contributed by atoms with Crippen LogP contribution in [-0.2, 0) is 6.54 Å². The molecular formula is C13H14N6S. The Labute approximate surface area is 121 Å². The van der Waals surface area contributed by atoms with Gasteiger partial charge in [0.25, 0.3) is 0 Å². The first-order valence-electron chi connectivity index (χ1n) is 6.29. The van der Waals surface area contributed by atoms with Crippen molar-refractivity contribution in [3.8, 4) is 11.4 Å². The van der Waals surface area contributed by atoms with Gasteiger partial charge in [0.1, 0.15) is 0 Å². The Kier molecular flexibility index (Phi) is 3.42. The SMILES string of the molecule is CC(Cn1ccnc1)n1c(-c2ccncc2)n[nH]c1=S. The van der Waals surface area contributed by atoms with Gasteiger partial charge in [-0.05, 0) is 31.3 Å². The van der Waals surface area contributed by atoms with Crippen LogP contribution in [0.3, 0.4) is 0 Å². The van der Waals surface area contributed by atoms with Gasteiger partial charge in [0, 0.05) is 36.9 Å². The van der Waals surface area contributed by atoms with Crippen LogP contribution in [-0.4, -0.2) is 29.3 Å². The molecule has 0 fully saturated rings. The molecule has 0 radical (unpaired) electrons. The van der Waals surface area contributed by atoms with Crippen LogP contribution in [0, 0.1) is 4.77 Å². The third-order valence-electron chi connectivity index (χ3n) is 3.12. The molecule has 102 valence electrons. The predicted octanol–water partition coefficient (Wildman–Crippen LogP) is 2.46. The fourth-order valence-corrected chi connectivity index (χ4v) is 2.51. The minimum atomic E-state index is 0.165. The molecule has 20 heavy (non-hydrogen) atoms. The lowest BCUT2D eigenvalue weighted by Gasteiger charge is -2.16. The van der Waals surface area contributed by atoms with Gasteiger partial charge in [-0.3, -0.25) is 14.6 Å². The van der Waals surface area contributed by atoms with Gasteiger partial charge >= 0.3 is 0 Å². The topological polar surface area (TPSA) is 64.3 Å². The predicted molar refractivity (Wildman–Crippen MR) is 77.6 cm³/mol. The van der Waals surface area contributed by atoms with E-state index in [-0.39, 0.29) is 6.04 Å². The summed E-state index contributed by atoms with van der Waals surface area (Å²) in [6, 6.07) is 4.01. The normalized spacial score (nSPS) is 12.4. The Morgan fingerprint density at radius 3 is 2.75 bits per heavy atom. The maximum atomic E-state index is 5.35. The standard InChI is InChI=1S/C13H14N6S/c1-10(8-18-7-6-15-9-18)19-12(16-17-13(19)20)11-2-4-14-5-3-11/h2-7,9-10H,8H2,1H3,(H,17,20). The highest BCUT2D eigenvalue weighted by molar-refractivity contribution is 7.71. The number of aromatic amines is 1. The molecule has 6 nitrogen and oxygen atoms in total. The number of rotatable bonds is 4. The number of hydrogen-bond acceptors (Lipinski definition) is 4. The van der Waals surface area contributed by atoms with E-state index in [1.54, 1.807) is 24.9 Å². The largest absolute Gasteiger partial charge is 0.335 e. The summed E-state index contributed by atoms with van der Waals surface area (Å²) in [5.74, 6) is 0.824. The fourth-order valence-electron chi connectivity index (χ4n) is 2.20. The second kappa shape index (κ2) is 5.38. The number of aromatic nitrogens is 6. The Morgan fingerprint density at radius 1 is 1.25 bits per heavy atom. The lowest BCUT2D eigenvalue weighted by Crippen LogP contribution is -2.13. The van der Waals surface area contributed by atoms with Crippen molar-refractivity contribution in [2.45, 2.75) is 19.5 Å². The summed E-state index contributed by atoms with van der Waals surface area (Å²) in [7, 11) is 0. The first kappa shape index (κ1) is 12.7. The van der Waals surface area contributed by atoms with E-state index >= 15 is 0 Å². The Bertz CT molecular complexity index is 728. The summed E-state index contributed by atoms with van der Waals surface area (Å²) in [4.78, 5) is 8.08. The molecule has 0 amide bonds.